The summed E-state index contributed by atoms with van der Waals surface area (Å²) in [5, 5.41) is 1.45. The molecule has 2 nitrogen and oxygen atoms in total. The van der Waals surface area contributed by atoms with Crippen LogP contribution in [0.3, 0.4) is 0 Å². The Morgan fingerprint density at radius 1 is 1.05 bits per heavy atom. The lowest BCUT2D eigenvalue weighted by Crippen LogP contribution is -1.99. The van der Waals surface area contributed by atoms with Gasteiger partial charge < -0.3 is 4.74 Å². The van der Waals surface area contributed by atoms with Gasteiger partial charge >= 0.3 is 0 Å². The van der Waals surface area contributed by atoms with Crippen molar-refractivity contribution in [2.24, 2.45) is 0 Å². The predicted octanol–water partition coefficient (Wildman–Crippen LogP) is 5.43. The first-order valence-electron chi connectivity index (χ1n) is 5.85. The first-order valence-corrected chi connectivity index (χ1v) is 6.98. The Morgan fingerprint density at radius 3 is 2.25 bits per heavy atom. The second-order valence-electron chi connectivity index (χ2n) is 4.19. The third kappa shape index (κ3) is 3.45. The molecule has 0 bridgehead atoms. The Labute approximate surface area is 132 Å². The van der Waals surface area contributed by atoms with Crippen molar-refractivity contribution in [1.29, 1.82) is 0 Å². The third-order valence-electron chi connectivity index (χ3n) is 2.77. The molecule has 0 saturated carbocycles. The average Bonchev–Trinajstić information content (AvgIpc) is 2.39. The lowest BCUT2D eigenvalue weighted by molar-refractivity contribution is 0.101. The van der Waals surface area contributed by atoms with Gasteiger partial charge in [0, 0.05) is 21.2 Å². The highest BCUT2D eigenvalue weighted by atomic mass is 35.5. The van der Waals surface area contributed by atoms with Gasteiger partial charge in [-0.3, -0.25) is 4.79 Å². The Hall–Kier alpha value is -1.22. The van der Waals surface area contributed by atoms with Gasteiger partial charge in [0.15, 0.2) is 5.78 Å². The summed E-state index contributed by atoms with van der Waals surface area (Å²) in [4.78, 5) is 11.2. The largest absolute Gasteiger partial charge is 0.487 e. The number of ether oxygens (including phenoxy) is 1. The van der Waals surface area contributed by atoms with Gasteiger partial charge in [-0.1, -0.05) is 40.9 Å². The Balaban J connectivity index is 2.17. The molecule has 0 atom stereocenters. The monoisotopic (exact) mass is 328 g/mol. The minimum atomic E-state index is -0.0485. The molecule has 0 spiro atoms. The molecule has 0 aromatic heterocycles. The lowest BCUT2D eigenvalue weighted by Gasteiger charge is -2.11. The van der Waals surface area contributed by atoms with Crippen LogP contribution in [0.1, 0.15) is 22.8 Å². The molecule has 2 aromatic rings. The maximum absolute atomic E-state index is 11.2. The van der Waals surface area contributed by atoms with E-state index in [2.05, 4.69) is 0 Å². The van der Waals surface area contributed by atoms with E-state index in [1.807, 2.05) is 0 Å². The highest BCUT2D eigenvalue weighted by Gasteiger charge is 2.09. The van der Waals surface area contributed by atoms with E-state index >= 15 is 0 Å². The van der Waals surface area contributed by atoms with Crippen molar-refractivity contribution in [3.8, 4) is 5.75 Å². The summed E-state index contributed by atoms with van der Waals surface area (Å²) < 4.78 is 5.61. The number of ketones is 1. The number of carbonyl (C=O) groups is 1. The van der Waals surface area contributed by atoms with Crippen LogP contribution in [0.15, 0.2) is 36.4 Å². The molecule has 2 rings (SSSR count). The maximum atomic E-state index is 11.2. The van der Waals surface area contributed by atoms with Crippen LogP contribution < -0.4 is 4.74 Å². The minimum Gasteiger partial charge on any atom is -0.487 e. The number of halogens is 3. The third-order valence-corrected chi connectivity index (χ3v) is 3.78. The van der Waals surface area contributed by atoms with E-state index in [1.165, 1.54) is 6.92 Å². The van der Waals surface area contributed by atoms with Crippen molar-refractivity contribution in [1.82, 2.24) is 0 Å². The summed E-state index contributed by atoms with van der Waals surface area (Å²) in [6.07, 6.45) is 0. The van der Waals surface area contributed by atoms with E-state index < -0.39 is 0 Å². The van der Waals surface area contributed by atoms with Crippen LogP contribution >= 0.6 is 34.8 Å². The van der Waals surface area contributed by atoms with E-state index in [4.69, 9.17) is 39.5 Å². The van der Waals surface area contributed by atoms with E-state index in [0.717, 1.165) is 0 Å². The number of hydrogen-bond donors (Lipinski definition) is 0. The first kappa shape index (κ1) is 15.2. The molecule has 104 valence electrons. The minimum absolute atomic E-state index is 0.0485. The smallest absolute Gasteiger partial charge is 0.159 e. The SMILES string of the molecule is CC(=O)c1ccc(OCc2c(Cl)cccc2Cl)c(Cl)c1. The van der Waals surface area contributed by atoms with Crippen molar-refractivity contribution in [2.75, 3.05) is 0 Å². The standard InChI is InChI=1S/C15H11Cl3O2/c1-9(19)10-5-6-15(14(18)7-10)20-8-11-12(16)3-2-4-13(11)17/h2-7H,8H2,1H3. The quantitative estimate of drug-likeness (QED) is 0.699. The Bertz CT molecular complexity index is 633. The summed E-state index contributed by atoms with van der Waals surface area (Å²) >= 11 is 18.2. The Kier molecular flexibility index (Phi) is 4.92. The predicted molar refractivity (Wildman–Crippen MR) is 82.3 cm³/mol. The molecule has 0 heterocycles. The van der Waals surface area contributed by atoms with Gasteiger partial charge in [0.2, 0.25) is 0 Å². The highest BCUT2D eigenvalue weighted by molar-refractivity contribution is 6.36. The zero-order valence-corrected chi connectivity index (χ0v) is 12.9. The van der Waals surface area contributed by atoms with Gasteiger partial charge in [0.25, 0.3) is 0 Å². The lowest BCUT2D eigenvalue weighted by atomic mass is 10.1. The molecule has 0 unspecified atom stereocenters. The zero-order chi connectivity index (χ0) is 14.7. The highest BCUT2D eigenvalue weighted by Crippen LogP contribution is 2.29. The van der Waals surface area contributed by atoms with Crippen molar-refractivity contribution in [3.05, 3.63) is 62.6 Å². The molecular weight excluding hydrogens is 319 g/mol. The first-order chi connectivity index (χ1) is 9.49. The molecular formula is C15H11Cl3O2. The number of benzene rings is 2. The van der Waals surface area contributed by atoms with Crippen molar-refractivity contribution in [3.63, 3.8) is 0 Å². The summed E-state index contributed by atoms with van der Waals surface area (Å²) in [6, 6.07) is 10.1. The van der Waals surface area contributed by atoms with Gasteiger partial charge in [0.05, 0.1) is 5.02 Å². The van der Waals surface area contributed by atoms with E-state index in [0.29, 0.717) is 31.9 Å². The molecule has 0 radical (unpaired) electrons. The van der Waals surface area contributed by atoms with Crippen LogP contribution in [-0.4, -0.2) is 5.78 Å². The van der Waals surface area contributed by atoms with Crippen LogP contribution in [0, 0.1) is 0 Å². The van der Waals surface area contributed by atoms with Crippen molar-refractivity contribution < 1.29 is 9.53 Å². The molecule has 0 fully saturated rings. The number of rotatable bonds is 4. The zero-order valence-electron chi connectivity index (χ0n) is 10.6. The second kappa shape index (κ2) is 6.49. The molecule has 5 heteroatoms. The number of Topliss-reactive ketones (excluding diaryl/α,β-unsaturated/α-hetero) is 1. The summed E-state index contributed by atoms with van der Waals surface area (Å²) in [5.41, 5.74) is 1.24. The molecule has 0 aliphatic carbocycles. The van der Waals surface area contributed by atoms with E-state index in [9.17, 15) is 4.79 Å². The molecule has 20 heavy (non-hydrogen) atoms. The summed E-state index contributed by atoms with van der Waals surface area (Å²) in [7, 11) is 0. The summed E-state index contributed by atoms with van der Waals surface area (Å²) in [6.45, 7) is 1.69. The molecule has 0 amide bonds. The van der Waals surface area contributed by atoms with Crippen LogP contribution in [-0.2, 0) is 6.61 Å². The van der Waals surface area contributed by atoms with Gasteiger partial charge in [-0.05, 0) is 37.3 Å². The van der Waals surface area contributed by atoms with Gasteiger partial charge in [0.1, 0.15) is 12.4 Å². The van der Waals surface area contributed by atoms with E-state index in [-0.39, 0.29) is 12.4 Å². The fraction of sp³-hybridized carbons (Fsp3) is 0.133. The maximum Gasteiger partial charge on any atom is 0.159 e. The molecule has 0 saturated heterocycles. The molecule has 0 aliphatic heterocycles. The van der Waals surface area contributed by atoms with Crippen molar-refractivity contribution >= 4 is 40.6 Å². The number of carbonyl (C=O) groups excluding carboxylic acids is 1. The fourth-order valence-electron chi connectivity index (χ4n) is 1.66. The molecule has 0 aliphatic rings. The second-order valence-corrected chi connectivity index (χ2v) is 5.41. The summed E-state index contributed by atoms with van der Waals surface area (Å²) in [5.74, 6) is 0.431. The normalized spacial score (nSPS) is 10.4. The van der Waals surface area contributed by atoms with Crippen LogP contribution in [0.25, 0.3) is 0 Å². The van der Waals surface area contributed by atoms with Crippen LogP contribution in [0.4, 0.5) is 0 Å². The van der Waals surface area contributed by atoms with Gasteiger partial charge in [-0.25, -0.2) is 0 Å². The topological polar surface area (TPSA) is 26.3 Å². The van der Waals surface area contributed by atoms with E-state index in [1.54, 1.807) is 36.4 Å². The molecule has 0 N–H and O–H groups in total. The van der Waals surface area contributed by atoms with Crippen molar-refractivity contribution in [2.45, 2.75) is 13.5 Å². The Morgan fingerprint density at radius 2 is 1.70 bits per heavy atom. The molecule has 2 aromatic carbocycles. The number of hydrogen-bond acceptors (Lipinski definition) is 2. The van der Waals surface area contributed by atoms with Gasteiger partial charge in [-0.2, -0.15) is 0 Å². The average molecular weight is 330 g/mol. The fourth-order valence-corrected chi connectivity index (χ4v) is 2.40. The van der Waals surface area contributed by atoms with Crippen LogP contribution in [0.5, 0.6) is 5.75 Å². The van der Waals surface area contributed by atoms with Gasteiger partial charge in [-0.15, -0.1) is 0 Å². The van der Waals surface area contributed by atoms with Crippen LogP contribution in [0.2, 0.25) is 15.1 Å².